The predicted molar refractivity (Wildman–Crippen MR) is 67.3 cm³/mol. The fourth-order valence-corrected chi connectivity index (χ4v) is 2.40. The monoisotopic (exact) mass is 300 g/mol. The normalized spacial score (nSPS) is 35.9. The minimum absolute atomic E-state index is 0.165. The fraction of sp³-hybridized carbons (Fsp3) is 0.462. The van der Waals surface area contributed by atoms with Crippen LogP contribution in [-0.4, -0.2) is 53.5 Å². The maximum Gasteiger partial charge on any atom is 0.338 e. The van der Waals surface area contributed by atoms with Gasteiger partial charge in [-0.3, -0.25) is 0 Å². The van der Waals surface area contributed by atoms with Gasteiger partial charge >= 0.3 is 5.97 Å². The van der Waals surface area contributed by atoms with Crippen molar-refractivity contribution >= 4 is 17.6 Å². The molecule has 1 aromatic rings. The Balaban J connectivity index is 1.73. The van der Waals surface area contributed by atoms with Crippen LogP contribution in [0.3, 0.4) is 0 Å². The SMILES string of the molecule is O=C(O[C@H]1[C@@H]2OC[C@@H](O2)[C@@H](O)[C@H]1O)c1ccc(Cl)cc1. The maximum absolute atomic E-state index is 12.0. The summed E-state index contributed by atoms with van der Waals surface area (Å²) in [4.78, 5) is 12.0. The molecule has 2 aliphatic heterocycles. The first-order valence-electron chi connectivity index (χ1n) is 6.16. The van der Waals surface area contributed by atoms with Crippen molar-refractivity contribution in [2.24, 2.45) is 0 Å². The van der Waals surface area contributed by atoms with Crippen molar-refractivity contribution in [3.8, 4) is 0 Å². The van der Waals surface area contributed by atoms with E-state index in [2.05, 4.69) is 0 Å². The van der Waals surface area contributed by atoms with Gasteiger partial charge in [-0.2, -0.15) is 0 Å². The Kier molecular flexibility index (Phi) is 3.66. The molecule has 0 radical (unpaired) electrons. The lowest BCUT2D eigenvalue weighted by atomic mass is 10.0. The van der Waals surface area contributed by atoms with Gasteiger partial charge in [-0.15, -0.1) is 0 Å². The number of hydrogen-bond donors (Lipinski definition) is 2. The Labute approximate surface area is 119 Å². The first kappa shape index (κ1) is 13.8. The van der Waals surface area contributed by atoms with Crippen LogP contribution in [0.4, 0.5) is 0 Å². The van der Waals surface area contributed by atoms with Gasteiger partial charge in [0, 0.05) is 5.02 Å². The van der Waals surface area contributed by atoms with E-state index < -0.39 is 36.7 Å². The molecule has 2 N–H and O–H groups in total. The summed E-state index contributed by atoms with van der Waals surface area (Å²) in [6.07, 6.45) is -4.88. The first-order chi connectivity index (χ1) is 9.56. The van der Waals surface area contributed by atoms with Crippen LogP contribution in [0.15, 0.2) is 24.3 Å². The molecule has 5 atom stereocenters. The molecular formula is C13H13ClO6. The van der Waals surface area contributed by atoms with E-state index in [9.17, 15) is 15.0 Å². The zero-order valence-corrected chi connectivity index (χ0v) is 11.1. The van der Waals surface area contributed by atoms with Crippen molar-refractivity contribution in [3.05, 3.63) is 34.9 Å². The molecule has 0 unspecified atom stereocenters. The average Bonchev–Trinajstić information content (AvgIpc) is 2.89. The standard InChI is InChI=1S/C13H13ClO6/c14-7-3-1-6(2-4-7)12(17)20-11-10(16)9(15)8-5-18-13(11)19-8/h1-4,8-11,13,15-16H,5H2/t8-,9-,10-,11-,13-/m1/s1. The second-order valence-electron chi connectivity index (χ2n) is 4.73. The summed E-state index contributed by atoms with van der Waals surface area (Å²) >= 11 is 5.74. The highest BCUT2D eigenvalue weighted by molar-refractivity contribution is 6.30. The number of carbonyl (C=O) groups excluding carboxylic acids is 1. The number of benzene rings is 1. The van der Waals surface area contributed by atoms with Gasteiger partial charge in [-0.05, 0) is 24.3 Å². The number of aliphatic hydroxyl groups excluding tert-OH is 2. The number of carbonyl (C=O) groups is 1. The number of halogens is 1. The molecule has 7 heteroatoms. The maximum atomic E-state index is 12.0. The van der Waals surface area contributed by atoms with Gasteiger partial charge in [0.15, 0.2) is 12.4 Å². The number of esters is 1. The summed E-state index contributed by atoms with van der Waals surface area (Å²) in [6.45, 7) is 0.165. The first-order valence-corrected chi connectivity index (χ1v) is 6.54. The third-order valence-corrected chi connectivity index (χ3v) is 3.64. The number of aliphatic hydroxyl groups is 2. The van der Waals surface area contributed by atoms with Gasteiger partial charge < -0.3 is 24.4 Å². The number of ether oxygens (including phenoxy) is 3. The van der Waals surface area contributed by atoms with E-state index in [0.717, 1.165) is 0 Å². The lowest BCUT2D eigenvalue weighted by Gasteiger charge is -2.34. The molecule has 0 aliphatic carbocycles. The summed E-state index contributed by atoms with van der Waals surface area (Å²) in [5, 5.41) is 20.2. The van der Waals surface area contributed by atoms with Crippen molar-refractivity contribution in [2.45, 2.75) is 30.7 Å². The quantitative estimate of drug-likeness (QED) is 0.766. The van der Waals surface area contributed by atoms with E-state index >= 15 is 0 Å². The highest BCUT2D eigenvalue weighted by Crippen LogP contribution is 2.30. The molecule has 3 rings (SSSR count). The van der Waals surface area contributed by atoms with E-state index in [4.69, 9.17) is 25.8 Å². The third kappa shape index (κ3) is 2.41. The predicted octanol–water partition coefficient (Wildman–Crippen LogP) is 0.342. The Morgan fingerprint density at radius 2 is 1.95 bits per heavy atom. The molecule has 2 bridgehead atoms. The Morgan fingerprint density at radius 3 is 2.65 bits per heavy atom. The van der Waals surface area contributed by atoms with Gasteiger partial charge in [-0.1, -0.05) is 11.6 Å². The third-order valence-electron chi connectivity index (χ3n) is 3.39. The molecule has 0 spiro atoms. The molecule has 20 heavy (non-hydrogen) atoms. The van der Waals surface area contributed by atoms with Crippen LogP contribution in [0.1, 0.15) is 10.4 Å². The molecule has 108 valence electrons. The van der Waals surface area contributed by atoms with Crippen LogP contribution in [0.2, 0.25) is 5.02 Å². The summed E-state index contributed by atoms with van der Waals surface area (Å²) in [5.74, 6) is -0.643. The minimum Gasteiger partial charge on any atom is -0.450 e. The number of hydrogen-bond acceptors (Lipinski definition) is 6. The highest BCUT2D eigenvalue weighted by Gasteiger charge is 2.51. The van der Waals surface area contributed by atoms with Crippen LogP contribution in [0.5, 0.6) is 0 Å². The molecule has 0 aromatic heterocycles. The molecule has 6 nitrogen and oxygen atoms in total. The topological polar surface area (TPSA) is 85.2 Å². The van der Waals surface area contributed by atoms with Crippen LogP contribution < -0.4 is 0 Å². The smallest absolute Gasteiger partial charge is 0.338 e. The highest BCUT2D eigenvalue weighted by atomic mass is 35.5. The zero-order chi connectivity index (χ0) is 14.3. The van der Waals surface area contributed by atoms with Crippen molar-refractivity contribution in [1.29, 1.82) is 0 Å². The van der Waals surface area contributed by atoms with Crippen molar-refractivity contribution in [2.75, 3.05) is 6.61 Å². The van der Waals surface area contributed by atoms with Gasteiger partial charge in [0.1, 0.15) is 18.3 Å². The second kappa shape index (κ2) is 5.31. The van der Waals surface area contributed by atoms with E-state index in [1.54, 1.807) is 12.1 Å². The van der Waals surface area contributed by atoms with Crippen molar-refractivity contribution in [1.82, 2.24) is 0 Å². The van der Waals surface area contributed by atoms with Gasteiger partial charge in [0.25, 0.3) is 0 Å². The molecule has 0 amide bonds. The molecule has 2 aliphatic rings. The Bertz CT molecular complexity index is 504. The molecule has 1 aromatic carbocycles. The van der Waals surface area contributed by atoms with Gasteiger partial charge in [0.2, 0.25) is 0 Å². The fourth-order valence-electron chi connectivity index (χ4n) is 2.27. The molecule has 0 saturated carbocycles. The van der Waals surface area contributed by atoms with Crippen LogP contribution >= 0.6 is 11.6 Å². The van der Waals surface area contributed by atoms with E-state index in [0.29, 0.717) is 5.02 Å². The minimum atomic E-state index is -1.24. The van der Waals surface area contributed by atoms with Crippen LogP contribution in [0.25, 0.3) is 0 Å². The summed E-state index contributed by atoms with van der Waals surface area (Å²) in [5.41, 5.74) is 0.288. The number of fused-ring (bicyclic) bond motifs is 2. The largest absolute Gasteiger partial charge is 0.450 e. The summed E-state index contributed by atoms with van der Waals surface area (Å²) in [7, 11) is 0. The van der Waals surface area contributed by atoms with E-state index in [1.165, 1.54) is 12.1 Å². The summed E-state index contributed by atoms with van der Waals surface area (Å²) < 4.78 is 15.8. The Hall–Kier alpha value is -1.18. The van der Waals surface area contributed by atoms with Crippen molar-refractivity contribution in [3.63, 3.8) is 0 Å². The van der Waals surface area contributed by atoms with E-state index in [1.807, 2.05) is 0 Å². The lowest BCUT2D eigenvalue weighted by molar-refractivity contribution is -0.228. The second-order valence-corrected chi connectivity index (χ2v) is 5.17. The van der Waals surface area contributed by atoms with E-state index in [-0.39, 0.29) is 12.2 Å². The van der Waals surface area contributed by atoms with Crippen LogP contribution in [0, 0.1) is 0 Å². The Morgan fingerprint density at radius 1 is 1.25 bits per heavy atom. The molecule has 2 saturated heterocycles. The number of rotatable bonds is 2. The molecule has 2 heterocycles. The van der Waals surface area contributed by atoms with Crippen LogP contribution in [-0.2, 0) is 14.2 Å². The zero-order valence-electron chi connectivity index (χ0n) is 10.3. The van der Waals surface area contributed by atoms with Crippen molar-refractivity contribution < 1.29 is 29.2 Å². The molecule has 2 fully saturated rings. The van der Waals surface area contributed by atoms with Gasteiger partial charge in [0.05, 0.1) is 12.2 Å². The average molecular weight is 301 g/mol. The lowest BCUT2D eigenvalue weighted by Crippen LogP contribution is -2.55. The van der Waals surface area contributed by atoms with Gasteiger partial charge in [-0.25, -0.2) is 4.79 Å². The molecular weight excluding hydrogens is 288 g/mol. The summed E-state index contributed by atoms with van der Waals surface area (Å²) in [6, 6.07) is 6.14.